The highest BCUT2D eigenvalue weighted by molar-refractivity contribution is 5.85. The molecular formula is C15H29ClN2O3. The molecule has 0 radical (unpaired) electrons. The molecule has 1 amide bonds. The van der Waals surface area contributed by atoms with Crippen molar-refractivity contribution < 1.29 is 14.3 Å². The van der Waals surface area contributed by atoms with Gasteiger partial charge in [0.1, 0.15) is 0 Å². The maximum absolute atomic E-state index is 12.0. The first-order chi connectivity index (χ1) is 9.75. The Hall–Kier alpha value is -0.360. The van der Waals surface area contributed by atoms with Crippen LogP contribution in [0.2, 0.25) is 0 Å². The highest BCUT2D eigenvalue weighted by Gasteiger charge is 2.24. The highest BCUT2D eigenvalue weighted by Crippen LogP contribution is 2.23. The van der Waals surface area contributed by atoms with E-state index >= 15 is 0 Å². The lowest BCUT2D eigenvalue weighted by atomic mass is 9.85. The van der Waals surface area contributed by atoms with Crippen LogP contribution in [0.4, 0.5) is 0 Å². The molecule has 124 valence electrons. The van der Waals surface area contributed by atoms with Gasteiger partial charge in [-0.2, -0.15) is 0 Å². The zero-order valence-electron chi connectivity index (χ0n) is 12.7. The van der Waals surface area contributed by atoms with Crippen molar-refractivity contribution in [2.45, 2.75) is 57.1 Å². The van der Waals surface area contributed by atoms with Crippen molar-refractivity contribution in [2.24, 2.45) is 11.7 Å². The average molecular weight is 321 g/mol. The lowest BCUT2D eigenvalue weighted by Crippen LogP contribution is -2.38. The molecule has 1 aliphatic heterocycles. The molecule has 3 N–H and O–H groups in total. The second-order valence-electron chi connectivity index (χ2n) is 5.95. The van der Waals surface area contributed by atoms with Gasteiger partial charge in [-0.3, -0.25) is 4.79 Å². The fraction of sp³-hybridized carbons (Fsp3) is 0.933. The van der Waals surface area contributed by atoms with Gasteiger partial charge < -0.3 is 20.5 Å². The van der Waals surface area contributed by atoms with Gasteiger partial charge in [0.05, 0.1) is 6.10 Å². The zero-order valence-corrected chi connectivity index (χ0v) is 13.5. The maximum Gasteiger partial charge on any atom is 0.223 e. The van der Waals surface area contributed by atoms with Gasteiger partial charge >= 0.3 is 0 Å². The Morgan fingerprint density at radius 1 is 1.24 bits per heavy atom. The van der Waals surface area contributed by atoms with Crippen LogP contribution >= 0.6 is 12.4 Å². The van der Waals surface area contributed by atoms with E-state index in [1.165, 1.54) is 0 Å². The number of ether oxygens (including phenoxy) is 2. The third-order valence-corrected chi connectivity index (χ3v) is 4.23. The molecule has 0 aromatic rings. The normalized spacial score (nSPS) is 26.9. The average Bonchev–Trinajstić information content (AvgIpc) is 2.48. The van der Waals surface area contributed by atoms with E-state index in [2.05, 4.69) is 5.32 Å². The van der Waals surface area contributed by atoms with Crippen LogP contribution in [-0.2, 0) is 14.3 Å². The largest absolute Gasteiger partial charge is 0.381 e. The van der Waals surface area contributed by atoms with Crippen LogP contribution in [0, 0.1) is 5.92 Å². The Labute approximate surface area is 133 Å². The van der Waals surface area contributed by atoms with Gasteiger partial charge in [-0.15, -0.1) is 12.4 Å². The molecule has 0 aromatic heterocycles. The third kappa shape index (κ3) is 6.96. The second-order valence-corrected chi connectivity index (χ2v) is 5.95. The zero-order chi connectivity index (χ0) is 14.2. The van der Waals surface area contributed by atoms with Crippen molar-refractivity contribution in [1.29, 1.82) is 0 Å². The molecule has 2 aliphatic rings. The summed E-state index contributed by atoms with van der Waals surface area (Å²) in [6, 6.07) is 0.205. The molecular weight excluding hydrogens is 292 g/mol. The fourth-order valence-corrected chi connectivity index (χ4v) is 2.99. The third-order valence-electron chi connectivity index (χ3n) is 4.23. The predicted molar refractivity (Wildman–Crippen MR) is 84.6 cm³/mol. The Bertz CT molecular complexity index is 299. The Kier molecular flexibility index (Phi) is 9.24. The van der Waals surface area contributed by atoms with Gasteiger partial charge in [0.25, 0.3) is 0 Å². The molecule has 0 bridgehead atoms. The quantitative estimate of drug-likeness (QED) is 0.729. The molecule has 1 saturated heterocycles. The molecule has 5 nitrogen and oxygen atoms in total. The second kappa shape index (κ2) is 10.4. The lowest BCUT2D eigenvalue weighted by Gasteiger charge is -2.25. The van der Waals surface area contributed by atoms with Gasteiger partial charge in [-0.05, 0) is 38.5 Å². The summed E-state index contributed by atoms with van der Waals surface area (Å²) in [5.74, 6) is 0.293. The van der Waals surface area contributed by atoms with E-state index < -0.39 is 0 Å². The van der Waals surface area contributed by atoms with Crippen LogP contribution in [0.5, 0.6) is 0 Å². The van der Waals surface area contributed by atoms with Gasteiger partial charge in [0, 0.05) is 38.3 Å². The van der Waals surface area contributed by atoms with Crippen molar-refractivity contribution in [3.8, 4) is 0 Å². The summed E-state index contributed by atoms with van der Waals surface area (Å²) in [6.45, 7) is 3.04. The first-order valence-electron chi connectivity index (χ1n) is 7.98. The molecule has 21 heavy (non-hydrogen) atoms. The summed E-state index contributed by atoms with van der Waals surface area (Å²) in [6.07, 6.45) is 7.16. The monoisotopic (exact) mass is 320 g/mol. The number of carbonyl (C=O) groups is 1. The molecule has 1 aliphatic carbocycles. The van der Waals surface area contributed by atoms with Gasteiger partial charge in [0.15, 0.2) is 0 Å². The number of hydrogen-bond acceptors (Lipinski definition) is 4. The summed E-state index contributed by atoms with van der Waals surface area (Å²) < 4.78 is 11.1. The predicted octanol–water partition coefficient (Wildman–Crippen LogP) is 1.63. The highest BCUT2D eigenvalue weighted by atomic mass is 35.5. The smallest absolute Gasteiger partial charge is 0.223 e. The van der Waals surface area contributed by atoms with Crippen molar-refractivity contribution in [1.82, 2.24) is 5.32 Å². The first-order valence-corrected chi connectivity index (χ1v) is 7.98. The molecule has 0 aromatic carbocycles. The van der Waals surface area contributed by atoms with Crippen LogP contribution in [-0.4, -0.2) is 44.4 Å². The summed E-state index contributed by atoms with van der Waals surface area (Å²) in [4.78, 5) is 12.0. The maximum atomic E-state index is 12.0. The van der Waals surface area contributed by atoms with Crippen molar-refractivity contribution >= 4 is 18.3 Å². The number of amides is 1. The number of hydrogen-bond donors (Lipinski definition) is 2. The van der Waals surface area contributed by atoms with E-state index in [1.54, 1.807) is 0 Å². The Balaban J connectivity index is 0.00000220. The first kappa shape index (κ1) is 18.7. The molecule has 0 spiro atoms. The van der Waals surface area contributed by atoms with Crippen LogP contribution in [0.25, 0.3) is 0 Å². The summed E-state index contributed by atoms with van der Waals surface area (Å²) in [5, 5.41) is 3.01. The minimum atomic E-state index is 0. The van der Waals surface area contributed by atoms with E-state index in [-0.39, 0.29) is 30.3 Å². The van der Waals surface area contributed by atoms with Crippen LogP contribution in [0.3, 0.4) is 0 Å². The van der Waals surface area contributed by atoms with Gasteiger partial charge in [-0.25, -0.2) is 0 Å². The lowest BCUT2D eigenvalue weighted by molar-refractivity contribution is -0.126. The molecule has 2 rings (SSSR count). The fourth-order valence-electron chi connectivity index (χ4n) is 2.99. The Morgan fingerprint density at radius 2 is 2.00 bits per heavy atom. The van der Waals surface area contributed by atoms with Crippen LogP contribution in [0.15, 0.2) is 0 Å². The van der Waals surface area contributed by atoms with Crippen LogP contribution < -0.4 is 11.1 Å². The number of nitrogens with two attached hydrogens (primary N) is 1. The van der Waals surface area contributed by atoms with Crippen LogP contribution in [0.1, 0.15) is 44.9 Å². The van der Waals surface area contributed by atoms with Crippen molar-refractivity contribution in [3.63, 3.8) is 0 Å². The van der Waals surface area contributed by atoms with E-state index in [1.807, 2.05) is 0 Å². The summed E-state index contributed by atoms with van der Waals surface area (Å²) in [5.41, 5.74) is 5.91. The molecule has 2 atom stereocenters. The van der Waals surface area contributed by atoms with Gasteiger partial charge in [0.2, 0.25) is 5.91 Å². The van der Waals surface area contributed by atoms with E-state index in [9.17, 15) is 4.79 Å². The van der Waals surface area contributed by atoms with E-state index in [0.717, 1.165) is 64.8 Å². The number of carbonyl (C=O) groups excluding carboxylic acids is 1. The minimum Gasteiger partial charge on any atom is -0.381 e. The van der Waals surface area contributed by atoms with Crippen molar-refractivity contribution in [3.05, 3.63) is 0 Å². The van der Waals surface area contributed by atoms with E-state index in [4.69, 9.17) is 15.2 Å². The van der Waals surface area contributed by atoms with E-state index in [0.29, 0.717) is 12.6 Å². The topological polar surface area (TPSA) is 73.6 Å². The molecule has 1 saturated carbocycles. The SMILES string of the molecule is Cl.NC1CCCC(C(=O)NCCCOC2CCOCC2)C1. The summed E-state index contributed by atoms with van der Waals surface area (Å²) >= 11 is 0. The molecule has 1 heterocycles. The molecule has 2 unspecified atom stereocenters. The molecule has 6 heteroatoms. The summed E-state index contributed by atoms with van der Waals surface area (Å²) in [7, 11) is 0. The molecule has 2 fully saturated rings. The van der Waals surface area contributed by atoms with Gasteiger partial charge in [-0.1, -0.05) is 6.42 Å². The number of nitrogens with one attached hydrogen (secondary N) is 1. The standard InChI is InChI=1S/C15H28N2O3.ClH/c16-13-4-1-3-12(11-13)15(18)17-7-2-8-20-14-5-9-19-10-6-14;/h12-14H,1-11,16H2,(H,17,18);1H. The number of halogens is 1. The number of rotatable bonds is 6. The Morgan fingerprint density at radius 3 is 2.71 bits per heavy atom. The minimum absolute atomic E-state index is 0. The van der Waals surface area contributed by atoms with Crippen molar-refractivity contribution in [2.75, 3.05) is 26.4 Å².